The van der Waals surface area contributed by atoms with Gasteiger partial charge in [-0.1, -0.05) is 60.1 Å². The van der Waals surface area contributed by atoms with Crippen LogP contribution in [0.15, 0.2) is 89.7 Å². The fourth-order valence-electron chi connectivity index (χ4n) is 3.60. The highest BCUT2D eigenvalue weighted by molar-refractivity contribution is 14.1. The van der Waals surface area contributed by atoms with Crippen molar-refractivity contribution < 1.29 is 0 Å². The highest BCUT2D eigenvalue weighted by atomic mass is 127. The molecule has 0 saturated carbocycles. The molecule has 0 aliphatic carbocycles. The SMILES string of the molecule is O=c1c2cc(I)ccc2nc(C=Cc2ccc(Cl)cc2)n1-c1ccc2ccccc2c1. The van der Waals surface area contributed by atoms with E-state index >= 15 is 0 Å². The summed E-state index contributed by atoms with van der Waals surface area (Å²) in [6.07, 6.45) is 3.81. The largest absolute Gasteiger partial charge is 0.268 e. The number of hydrogen-bond donors (Lipinski definition) is 0. The molecular formula is C26H16ClIN2O. The van der Waals surface area contributed by atoms with Crippen LogP contribution in [0.5, 0.6) is 0 Å². The molecule has 0 bridgehead atoms. The van der Waals surface area contributed by atoms with Crippen molar-refractivity contribution in [1.29, 1.82) is 0 Å². The molecular weight excluding hydrogens is 519 g/mol. The zero-order valence-electron chi connectivity index (χ0n) is 16.3. The summed E-state index contributed by atoms with van der Waals surface area (Å²) >= 11 is 8.22. The molecule has 5 aromatic rings. The highest BCUT2D eigenvalue weighted by Gasteiger charge is 2.12. The molecule has 5 rings (SSSR count). The van der Waals surface area contributed by atoms with Crippen LogP contribution in [0, 0.1) is 3.57 Å². The van der Waals surface area contributed by atoms with Gasteiger partial charge in [0.2, 0.25) is 0 Å². The van der Waals surface area contributed by atoms with Crippen LogP contribution in [0.25, 0.3) is 39.5 Å². The molecule has 5 heteroatoms. The van der Waals surface area contributed by atoms with Crippen molar-refractivity contribution in [3.63, 3.8) is 0 Å². The van der Waals surface area contributed by atoms with Gasteiger partial charge >= 0.3 is 0 Å². The Morgan fingerprint density at radius 2 is 1.61 bits per heavy atom. The van der Waals surface area contributed by atoms with E-state index in [-0.39, 0.29) is 5.56 Å². The minimum atomic E-state index is -0.0884. The first kappa shape index (κ1) is 20.0. The molecule has 3 nitrogen and oxygen atoms in total. The maximum Gasteiger partial charge on any atom is 0.266 e. The summed E-state index contributed by atoms with van der Waals surface area (Å²) in [4.78, 5) is 18.4. The van der Waals surface area contributed by atoms with Gasteiger partial charge < -0.3 is 0 Å². The third-order valence-corrected chi connectivity index (χ3v) is 6.07. The monoisotopic (exact) mass is 534 g/mol. The molecule has 4 aromatic carbocycles. The Kier molecular flexibility index (Phi) is 5.34. The molecule has 0 fully saturated rings. The van der Waals surface area contributed by atoms with Crippen molar-refractivity contribution in [3.8, 4) is 5.69 Å². The van der Waals surface area contributed by atoms with E-state index in [2.05, 4.69) is 28.7 Å². The Balaban J connectivity index is 1.75. The third kappa shape index (κ3) is 4.01. The first-order chi connectivity index (χ1) is 15.1. The van der Waals surface area contributed by atoms with Crippen molar-refractivity contribution in [1.82, 2.24) is 9.55 Å². The van der Waals surface area contributed by atoms with E-state index in [1.165, 1.54) is 0 Å². The van der Waals surface area contributed by atoms with Gasteiger partial charge in [-0.15, -0.1) is 0 Å². The topological polar surface area (TPSA) is 34.9 Å². The van der Waals surface area contributed by atoms with Crippen LogP contribution in [0.4, 0.5) is 0 Å². The number of halogens is 2. The third-order valence-electron chi connectivity index (χ3n) is 5.14. The summed E-state index contributed by atoms with van der Waals surface area (Å²) in [6, 6.07) is 27.4. The lowest BCUT2D eigenvalue weighted by Gasteiger charge is -2.12. The molecule has 0 aliphatic heterocycles. The number of aromatic nitrogens is 2. The number of rotatable bonds is 3. The summed E-state index contributed by atoms with van der Waals surface area (Å²) in [6.45, 7) is 0. The van der Waals surface area contributed by atoms with Crippen LogP contribution in [0.2, 0.25) is 5.02 Å². The van der Waals surface area contributed by atoms with Crippen molar-refractivity contribution in [3.05, 3.63) is 115 Å². The van der Waals surface area contributed by atoms with Crippen LogP contribution < -0.4 is 5.56 Å². The lowest BCUT2D eigenvalue weighted by Crippen LogP contribution is -2.22. The molecule has 0 aliphatic rings. The first-order valence-electron chi connectivity index (χ1n) is 9.74. The predicted molar refractivity (Wildman–Crippen MR) is 138 cm³/mol. The minimum absolute atomic E-state index is 0.0884. The van der Waals surface area contributed by atoms with Crippen LogP contribution in [-0.2, 0) is 0 Å². The van der Waals surface area contributed by atoms with E-state index in [1.54, 1.807) is 4.57 Å². The summed E-state index contributed by atoms with van der Waals surface area (Å²) in [7, 11) is 0. The van der Waals surface area contributed by atoms with Crippen LogP contribution in [-0.4, -0.2) is 9.55 Å². The lowest BCUT2D eigenvalue weighted by atomic mass is 10.1. The maximum atomic E-state index is 13.6. The second kappa shape index (κ2) is 8.29. The average molecular weight is 535 g/mol. The second-order valence-corrected chi connectivity index (χ2v) is 8.87. The Morgan fingerprint density at radius 3 is 2.42 bits per heavy atom. The van der Waals surface area contributed by atoms with E-state index in [1.807, 2.05) is 91.0 Å². The fourth-order valence-corrected chi connectivity index (χ4v) is 4.21. The normalized spacial score (nSPS) is 11.5. The van der Waals surface area contributed by atoms with Crippen LogP contribution >= 0.6 is 34.2 Å². The standard InChI is InChI=1S/C26H16ClIN2O/c27-20-9-5-17(6-10-20)7-14-25-29-24-13-11-21(28)16-23(24)26(31)30(25)22-12-8-18-3-1-2-4-19(18)15-22/h1-16H. The molecule has 1 heterocycles. The molecule has 1 aromatic heterocycles. The molecule has 0 radical (unpaired) electrons. The van der Waals surface area contributed by atoms with Crippen LogP contribution in [0.1, 0.15) is 11.4 Å². The zero-order valence-corrected chi connectivity index (χ0v) is 19.2. The quantitative estimate of drug-likeness (QED) is 0.234. The Labute approximate surface area is 197 Å². The van der Waals surface area contributed by atoms with Gasteiger partial charge in [-0.25, -0.2) is 4.98 Å². The summed E-state index contributed by atoms with van der Waals surface area (Å²) in [5.41, 5.74) is 2.35. The average Bonchev–Trinajstić information content (AvgIpc) is 2.79. The smallest absolute Gasteiger partial charge is 0.266 e. The number of hydrogen-bond acceptors (Lipinski definition) is 2. The Morgan fingerprint density at radius 1 is 0.839 bits per heavy atom. The van der Waals surface area contributed by atoms with Gasteiger partial charge in [0, 0.05) is 8.59 Å². The van der Waals surface area contributed by atoms with Gasteiger partial charge in [0.05, 0.1) is 16.6 Å². The first-order valence-corrected chi connectivity index (χ1v) is 11.2. The minimum Gasteiger partial charge on any atom is -0.268 e. The summed E-state index contributed by atoms with van der Waals surface area (Å²) < 4.78 is 2.68. The van der Waals surface area contributed by atoms with Crippen molar-refractivity contribution >= 4 is 68.0 Å². The zero-order chi connectivity index (χ0) is 21.4. The number of fused-ring (bicyclic) bond motifs is 2. The summed E-state index contributed by atoms with van der Waals surface area (Å²) in [5, 5.41) is 3.48. The predicted octanol–water partition coefficient (Wildman–Crippen LogP) is 6.97. The van der Waals surface area contributed by atoms with Crippen molar-refractivity contribution in [2.24, 2.45) is 0 Å². The molecule has 31 heavy (non-hydrogen) atoms. The van der Waals surface area contributed by atoms with E-state index < -0.39 is 0 Å². The molecule has 0 atom stereocenters. The molecule has 0 spiro atoms. The second-order valence-electron chi connectivity index (χ2n) is 7.19. The van der Waals surface area contributed by atoms with Crippen molar-refractivity contribution in [2.75, 3.05) is 0 Å². The van der Waals surface area contributed by atoms with E-state index in [0.29, 0.717) is 21.7 Å². The van der Waals surface area contributed by atoms with Gasteiger partial charge in [0.15, 0.2) is 0 Å². The fraction of sp³-hybridized carbons (Fsp3) is 0. The lowest BCUT2D eigenvalue weighted by molar-refractivity contribution is 0.945. The number of benzene rings is 4. The van der Waals surface area contributed by atoms with E-state index in [0.717, 1.165) is 25.6 Å². The van der Waals surface area contributed by atoms with E-state index in [4.69, 9.17) is 16.6 Å². The molecule has 0 N–H and O–H groups in total. The van der Waals surface area contributed by atoms with Gasteiger partial charge in [-0.3, -0.25) is 9.36 Å². The highest BCUT2D eigenvalue weighted by Crippen LogP contribution is 2.21. The number of nitrogens with zero attached hydrogens (tertiary/aromatic N) is 2. The summed E-state index contributed by atoms with van der Waals surface area (Å²) in [5.74, 6) is 0.573. The van der Waals surface area contributed by atoms with Gasteiger partial charge in [-0.2, -0.15) is 0 Å². The van der Waals surface area contributed by atoms with Gasteiger partial charge in [-0.05, 0) is 87.5 Å². The molecule has 0 amide bonds. The molecule has 0 saturated heterocycles. The molecule has 0 unspecified atom stereocenters. The van der Waals surface area contributed by atoms with Gasteiger partial charge in [0.25, 0.3) is 5.56 Å². The Bertz CT molecular complexity index is 1520. The van der Waals surface area contributed by atoms with Gasteiger partial charge in [0.1, 0.15) is 5.82 Å². The molecule has 150 valence electrons. The van der Waals surface area contributed by atoms with E-state index in [9.17, 15) is 4.79 Å². The van der Waals surface area contributed by atoms with Crippen LogP contribution in [0.3, 0.4) is 0 Å². The maximum absolute atomic E-state index is 13.6. The Hall–Kier alpha value is -2.96. The van der Waals surface area contributed by atoms with Crippen molar-refractivity contribution in [2.45, 2.75) is 0 Å².